The molecule has 0 aliphatic carbocycles. The molecule has 8 nitrogen and oxygen atoms in total. The fourth-order valence-corrected chi connectivity index (χ4v) is 2.99. The Hall–Kier alpha value is -0.710. The van der Waals surface area contributed by atoms with Crippen molar-refractivity contribution < 1.29 is 35.1 Å². The van der Waals surface area contributed by atoms with Crippen molar-refractivity contribution in [2.45, 2.75) is 25.5 Å². The summed E-state index contributed by atoms with van der Waals surface area (Å²) in [5.74, 6) is -1.89. The number of carbonyl (C=O) groups excluding carboxylic acids is 1. The number of carbonyl (C=O) groups is 1. The Morgan fingerprint density at radius 1 is 1.17 bits per heavy atom. The lowest BCUT2D eigenvalue weighted by atomic mass is 10.3. The van der Waals surface area contributed by atoms with Gasteiger partial charge in [-0.05, 0) is 20.3 Å². The Morgan fingerprint density at radius 3 is 2.11 bits per heavy atom. The van der Waals surface area contributed by atoms with Crippen molar-refractivity contribution >= 4 is 26.2 Å². The van der Waals surface area contributed by atoms with Gasteiger partial charge in [0, 0.05) is 0 Å². The standard InChI is InChI=1S/C8H16O8S2/c1-3-15-8(9)7(18(12,13)14)5-6-17(10,11)16-4-2/h7H,3-6H2,1-2H3,(H,12,13,14). The first kappa shape index (κ1) is 17.3. The second kappa shape index (κ2) is 7.02. The molecular formula is C8H16O8S2. The smallest absolute Gasteiger partial charge is 0.326 e. The quantitative estimate of drug-likeness (QED) is 0.363. The van der Waals surface area contributed by atoms with E-state index in [9.17, 15) is 21.6 Å². The van der Waals surface area contributed by atoms with Crippen LogP contribution in [0.2, 0.25) is 0 Å². The highest BCUT2D eigenvalue weighted by atomic mass is 32.2. The molecule has 0 amide bonds. The average Bonchev–Trinajstić information content (AvgIpc) is 2.15. The molecule has 18 heavy (non-hydrogen) atoms. The SMILES string of the molecule is CCOC(=O)C(CCS(=O)(=O)OCC)S(=O)(=O)O. The topological polar surface area (TPSA) is 124 Å². The van der Waals surface area contributed by atoms with Crippen LogP contribution in [0.1, 0.15) is 20.3 Å². The van der Waals surface area contributed by atoms with E-state index in [2.05, 4.69) is 8.92 Å². The van der Waals surface area contributed by atoms with Crippen molar-refractivity contribution in [3.05, 3.63) is 0 Å². The molecule has 1 N–H and O–H groups in total. The van der Waals surface area contributed by atoms with E-state index in [1.54, 1.807) is 0 Å². The van der Waals surface area contributed by atoms with Crippen LogP contribution in [0.5, 0.6) is 0 Å². The summed E-state index contributed by atoms with van der Waals surface area (Å²) in [6.45, 7) is 2.72. The normalized spacial score (nSPS) is 14.2. The minimum absolute atomic E-state index is 0.0803. The third kappa shape index (κ3) is 6.28. The van der Waals surface area contributed by atoms with Gasteiger partial charge in [-0.3, -0.25) is 13.5 Å². The van der Waals surface area contributed by atoms with Gasteiger partial charge in [-0.15, -0.1) is 0 Å². The maximum Gasteiger partial charge on any atom is 0.326 e. The van der Waals surface area contributed by atoms with Gasteiger partial charge in [-0.2, -0.15) is 16.8 Å². The molecular weight excluding hydrogens is 288 g/mol. The van der Waals surface area contributed by atoms with Crippen LogP contribution in [-0.2, 0) is 34.0 Å². The van der Waals surface area contributed by atoms with Crippen molar-refractivity contribution in [1.82, 2.24) is 0 Å². The van der Waals surface area contributed by atoms with Crippen LogP contribution in [0, 0.1) is 0 Å². The lowest BCUT2D eigenvalue weighted by Crippen LogP contribution is -2.33. The summed E-state index contributed by atoms with van der Waals surface area (Å²) >= 11 is 0. The summed E-state index contributed by atoms with van der Waals surface area (Å²) in [6, 6.07) is 0. The lowest BCUT2D eigenvalue weighted by Gasteiger charge is -2.12. The van der Waals surface area contributed by atoms with Gasteiger partial charge in [-0.1, -0.05) is 0 Å². The Labute approximate surface area is 106 Å². The average molecular weight is 304 g/mol. The van der Waals surface area contributed by atoms with E-state index in [1.165, 1.54) is 13.8 Å². The highest BCUT2D eigenvalue weighted by molar-refractivity contribution is 7.88. The monoisotopic (exact) mass is 304 g/mol. The molecule has 0 saturated heterocycles. The summed E-state index contributed by atoms with van der Waals surface area (Å²) in [7, 11) is -8.64. The van der Waals surface area contributed by atoms with E-state index in [4.69, 9.17) is 4.55 Å². The van der Waals surface area contributed by atoms with E-state index >= 15 is 0 Å². The minimum atomic E-state index is -4.72. The fraction of sp³-hybridized carbons (Fsp3) is 0.875. The molecule has 10 heteroatoms. The Balaban J connectivity index is 4.79. The molecule has 0 rings (SSSR count). The molecule has 0 radical (unpaired) electrons. The van der Waals surface area contributed by atoms with E-state index in [1.807, 2.05) is 0 Å². The molecule has 0 fully saturated rings. The van der Waals surface area contributed by atoms with Gasteiger partial charge in [-0.25, -0.2) is 0 Å². The first-order valence-electron chi connectivity index (χ1n) is 5.14. The minimum Gasteiger partial charge on any atom is -0.465 e. The van der Waals surface area contributed by atoms with E-state index in [-0.39, 0.29) is 13.2 Å². The zero-order chi connectivity index (χ0) is 14.4. The van der Waals surface area contributed by atoms with Crippen LogP contribution in [0.25, 0.3) is 0 Å². The molecule has 0 spiro atoms. The number of ether oxygens (including phenoxy) is 1. The molecule has 0 aromatic rings. The second-order valence-electron chi connectivity index (χ2n) is 3.21. The van der Waals surface area contributed by atoms with Crippen molar-refractivity contribution in [3.8, 4) is 0 Å². The second-order valence-corrected chi connectivity index (χ2v) is 6.57. The van der Waals surface area contributed by atoms with Gasteiger partial charge < -0.3 is 4.74 Å². The predicted molar refractivity (Wildman–Crippen MR) is 62.0 cm³/mol. The Morgan fingerprint density at radius 2 is 1.72 bits per heavy atom. The molecule has 1 atom stereocenters. The lowest BCUT2D eigenvalue weighted by molar-refractivity contribution is -0.142. The Bertz CT molecular complexity index is 463. The molecule has 0 aliphatic heterocycles. The zero-order valence-corrected chi connectivity index (χ0v) is 11.7. The maximum absolute atomic E-state index is 11.3. The number of esters is 1. The molecule has 0 aromatic carbocycles. The maximum atomic E-state index is 11.3. The molecule has 108 valence electrons. The van der Waals surface area contributed by atoms with E-state index in [0.29, 0.717) is 0 Å². The largest absolute Gasteiger partial charge is 0.465 e. The van der Waals surface area contributed by atoms with Gasteiger partial charge in [0.2, 0.25) is 0 Å². The summed E-state index contributed by atoms with van der Waals surface area (Å²) in [6.07, 6.45) is -0.625. The van der Waals surface area contributed by atoms with Gasteiger partial charge in [0.15, 0.2) is 5.25 Å². The number of rotatable bonds is 8. The van der Waals surface area contributed by atoms with E-state index < -0.39 is 43.6 Å². The molecule has 1 unspecified atom stereocenters. The number of hydrogen-bond donors (Lipinski definition) is 1. The van der Waals surface area contributed by atoms with Gasteiger partial charge in [0.1, 0.15) is 0 Å². The van der Waals surface area contributed by atoms with Gasteiger partial charge >= 0.3 is 5.97 Å². The fourth-order valence-electron chi connectivity index (χ4n) is 1.11. The molecule has 0 bridgehead atoms. The van der Waals surface area contributed by atoms with Gasteiger partial charge in [0.25, 0.3) is 20.2 Å². The Kier molecular flexibility index (Phi) is 6.74. The summed E-state index contributed by atoms with van der Waals surface area (Å²) in [5.41, 5.74) is 0. The summed E-state index contributed by atoms with van der Waals surface area (Å²) in [4.78, 5) is 11.3. The third-order valence-electron chi connectivity index (χ3n) is 1.84. The van der Waals surface area contributed by atoms with Crippen molar-refractivity contribution in [1.29, 1.82) is 0 Å². The van der Waals surface area contributed by atoms with Gasteiger partial charge in [0.05, 0.1) is 19.0 Å². The highest BCUT2D eigenvalue weighted by Gasteiger charge is 2.33. The third-order valence-corrected chi connectivity index (χ3v) is 4.31. The number of hydrogen-bond acceptors (Lipinski definition) is 7. The van der Waals surface area contributed by atoms with Crippen LogP contribution in [0.15, 0.2) is 0 Å². The van der Waals surface area contributed by atoms with Crippen LogP contribution >= 0.6 is 0 Å². The van der Waals surface area contributed by atoms with Crippen LogP contribution in [-0.4, -0.2) is 51.6 Å². The predicted octanol–water partition coefficient (Wildman–Crippen LogP) is -0.438. The van der Waals surface area contributed by atoms with Crippen LogP contribution in [0.4, 0.5) is 0 Å². The molecule has 0 aromatic heterocycles. The first-order valence-corrected chi connectivity index (χ1v) is 8.22. The summed E-state index contributed by atoms with van der Waals surface area (Å²) in [5, 5.41) is -1.92. The molecule has 0 heterocycles. The molecule has 0 aliphatic rings. The first-order chi connectivity index (χ1) is 8.14. The van der Waals surface area contributed by atoms with Crippen LogP contribution in [0.3, 0.4) is 0 Å². The van der Waals surface area contributed by atoms with Crippen molar-refractivity contribution in [2.24, 2.45) is 0 Å². The summed E-state index contributed by atoms with van der Waals surface area (Å²) < 4.78 is 61.9. The van der Waals surface area contributed by atoms with Crippen molar-refractivity contribution in [3.63, 3.8) is 0 Å². The zero-order valence-electron chi connectivity index (χ0n) is 10.0. The van der Waals surface area contributed by atoms with Crippen LogP contribution < -0.4 is 0 Å². The van der Waals surface area contributed by atoms with Crippen molar-refractivity contribution in [2.75, 3.05) is 19.0 Å². The highest BCUT2D eigenvalue weighted by Crippen LogP contribution is 2.10. The molecule has 0 saturated carbocycles. The van der Waals surface area contributed by atoms with E-state index in [0.717, 1.165) is 0 Å².